The molecular weight excluding hydrogens is 232 g/mol. The van der Waals surface area contributed by atoms with Crippen LogP contribution in [0.5, 0.6) is 0 Å². The molecule has 3 rings (SSSR count). The molecule has 1 aromatic carbocycles. The number of benzene rings is 1. The summed E-state index contributed by atoms with van der Waals surface area (Å²) in [4.78, 5) is 2.51. The lowest BCUT2D eigenvalue weighted by Crippen LogP contribution is -2.31. The lowest BCUT2D eigenvalue weighted by atomic mass is 9.88. The number of nitrogens with two attached hydrogens (primary N) is 1. The van der Waals surface area contributed by atoms with Crippen molar-refractivity contribution < 1.29 is 0 Å². The number of anilines is 1. The maximum absolute atomic E-state index is 5.89. The second kappa shape index (κ2) is 5.16. The Morgan fingerprint density at radius 3 is 2.79 bits per heavy atom. The van der Waals surface area contributed by atoms with Gasteiger partial charge in [-0.25, -0.2) is 0 Å². The van der Waals surface area contributed by atoms with Crippen molar-refractivity contribution >= 4 is 5.69 Å². The molecule has 104 valence electrons. The van der Waals surface area contributed by atoms with Crippen LogP contribution in [0.2, 0.25) is 0 Å². The van der Waals surface area contributed by atoms with Crippen LogP contribution in [0.3, 0.4) is 0 Å². The maximum atomic E-state index is 5.89. The van der Waals surface area contributed by atoms with Crippen molar-refractivity contribution in [2.75, 3.05) is 19.3 Å². The highest BCUT2D eigenvalue weighted by Crippen LogP contribution is 2.48. The van der Waals surface area contributed by atoms with E-state index in [4.69, 9.17) is 5.73 Å². The number of nitrogens with zero attached hydrogens (tertiary/aromatic N) is 1. The molecule has 0 amide bonds. The van der Waals surface area contributed by atoms with E-state index in [1.165, 1.54) is 37.8 Å². The topological polar surface area (TPSA) is 29.3 Å². The summed E-state index contributed by atoms with van der Waals surface area (Å²) in [6.07, 6.45) is 5.95. The summed E-state index contributed by atoms with van der Waals surface area (Å²) in [6.45, 7) is 3.54. The summed E-state index contributed by atoms with van der Waals surface area (Å²) in [5, 5.41) is 0. The fraction of sp³-hybridized carbons (Fsp3) is 0.647. The van der Waals surface area contributed by atoms with Gasteiger partial charge in [0.05, 0.1) is 0 Å². The highest BCUT2D eigenvalue weighted by Gasteiger charge is 2.39. The molecule has 2 heteroatoms. The van der Waals surface area contributed by atoms with Crippen LogP contribution >= 0.6 is 0 Å². The largest absolute Gasteiger partial charge is 0.399 e. The van der Waals surface area contributed by atoms with Crippen molar-refractivity contribution in [3.05, 3.63) is 29.8 Å². The predicted octanol–water partition coefficient (Wildman–Crippen LogP) is 3.70. The van der Waals surface area contributed by atoms with Gasteiger partial charge in [-0.3, -0.25) is 4.90 Å². The van der Waals surface area contributed by atoms with Crippen LogP contribution in [0.25, 0.3) is 0 Å². The van der Waals surface area contributed by atoms with Gasteiger partial charge in [-0.15, -0.1) is 0 Å². The van der Waals surface area contributed by atoms with Gasteiger partial charge in [-0.1, -0.05) is 18.6 Å². The molecule has 1 aromatic rings. The monoisotopic (exact) mass is 258 g/mol. The van der Waals surface area contributed by atoms with Crippen LogP contribution in [0, 0.1) is 17.8 Å². The molecule has 0 radical (unpaired) electrons. The smallest absolute Gasteiger partial charge is 0.0317 e. The Morgan fingerprint density at radius 1 is 1.32 bits per heavy atom. The van der Waals surface area contributed by atoms with E-state index in [0.717, 1.165) is 23.4 Å². The number of fused-ring (bicyclic) bond motifs is 2. The Kier molecular flexibility index (Phi) is 3.53. The van der Waals surface area contributed by atoms with Gasteiger partial charge in [0.1, 0.15) is 0 Å². The van der Waals surface area contributed by atoms with Crippen molar-refractivity contribution in [1.82, 2.24) is 4.90 Å². The van der Waals surface area contributed by atoms with E-state index >= 15 is 0 Å². The highest BCUT2D eigenvalue weighted by molar-refractivity contribution is 5.41. The first-order valence-electron chi connectivity index (χ1n) is 7.69. The third kappa shape index (κ3) is 2.64. The minimum absolute atomic E-state index is 0.461. The first kappa shape index (κ1) is 13.0. The molecule has 0 saturated heterocycles. The fourth-order valence-electron chi connectivity index (χ4n) is 4.20. The molecule has 2 nitrogen and oxygen atoms in total. The third-order valence-corrected chi connectivity index (χ3v) is 5.46. The van der Waals surface area contributed by atoms with E-state index < -0.39 is 0 Å². The maximum Gasteiger partial charge on any atom is 0.0317 e. The van der Waals surface area contributed by atoms with Crippen molar-refractivity contribution in [1.29, 1.82) is 0 Å². The standard InChI is InChI=1S/C17H26N2/c1-12(14-4-3-5-17(18)10-14)19(2)11-16-9-13-6-7-15(16)8-13/h3-5,10,12-13,15-16H,6-9,11,18H2,1-2H3. The Labute approximate surface area is 117 Å². The minimum Gasteiger partial charge on any atom is -0.399 e. The first-order chi connectivity index (χ1) is 9.13. The molecule has 0 aliphatic heterocycles. The molecule has 2 aliphatic carbocycles. The van der Waals surface area contributed by atoms with Crippen LogP contribution in [0.4, 0.5) is 5.69 Å². The average Bonchev–Trinajstić information content (AvgIpc) is 3.00. The van der Waals surface area contributed by atoms with Crippen LogP contribution < -0.4 is 5.73 Å². The quantitative estimate of drug-likeness (QED) is 0.834. The molecule has 0 aromatic heterocycles. The number of nitrogen functional groups attached to an aromatic ring is 1. The normalized spacial score (nSPS) is 31.0. The molecule has 0 heterocycles. The molecule has 2 saturated carbocycles. The third-order valence-electron chi connectivity index (χ3n) is 5.46. The van der Waals surface area contributed by atoms with Crippen LogP contribution in [-0.4, -0.2) is 18.5 Å². The van der Waals surface area contributed by atoms with Gasteiger partial charge in [0, 0.05) is 18.3 Å². The number of hydrogen-bond donors (Lipinski definition) is 1. The summed E-state index contributed by atoms with van der Waals surface area (Å²) in [5.74, 6) is 3.00. The lowest BCUT2D eigenvalue weighted by Gasteiger charge is -2.31. The fourth-order valence-corrected chi connectivity index (χ4v) is 4.20. The van der Waals surface area contributed by atoms with Gasteiger partial charge in [0.2, 0.25) is 0 Å². The summed E-state index contributed by atoms with van der Waals surface area (Å²) >= 11 is 0. The summed E-state index contributed by atoms with van der Waals surface area (Å²) < 4.78 is 0. The zero-order valence-corrected chi connectivity index (χ0v) is 12.2. The Hall–Kier alpha value is -1.02. The van der Waals surface area contributed by atoms with Gasteiger partial charge in [0.15, 0.2) is 0 Å². The van der Waals surface area contributed by atoms with E-state index in [2.05, 4.69) is 37.1 Å². The summed E-state index contributed by atoms with van der Waals surface area (Å²) in [6, 6.07) is 8.79. The summed E-state index contributed by atoms with van der Waals surface area (Å²) in [7, 11) is 2.26. The Balaban J connectivity index is 1.62. The van der Waals surface area contributed by atoms with Crippen LogP contribution in [0.1, 0.15) is 44.2 Å². The van der Waals surface area contributed by atoms with Gasteiger partial charge >= 0.3 is 0 Å². The molecule has 4 atom stereocenters. The minimum atomic E-state index is 0.461. The molecular formula is C17H26N2. The van der Waals surface area contributed by atoms with Gasteiger partial charge in [-0.2, -0.15) is 0 Å². The molecule has 19 heavy (non-hydrogen) atoms. The van der Waals surface area contributed by atoms with E-state index in [0.29, 0.717) is 6.04 Å². The zero-order valence-electron chi connectivity index (χ0n) is 12.2. The lowest BCUT2D eigenvalue weighted by molar-refractivity contribution is 0.182. The van der Waals surface area contributed by atoms with Gasteiger partial charge in [0.25, 0.3) is 0 Å². The van der Waals surface area contributed by atoms with Crippen LogP contribution in [0.15, 0.2) is 24.3 Å². The second-order valence-corrected chi connectivity index (χ2v) is 6.72. The molecule has 2 N–H and O–H groups in total. The first-order valence-corrected chi connectivity index (χ1v) is 7.69. The number of hydrogen-bond acceptors (Lipinski definition) is 2. The SMILES string of the molecule is CC(c1cccc(N)c1)N(C)CC1CC2CCC1C2. The Morgan fingerprint density at radius 2 is 2.16 bits per heavy atom. The number of rotatable bonds is 4. The van der Waals surface area contributed by atoms with E-state index in [9.17, 15) is 0 Å². The molecule has 4 unspecified atom stereocenters. The van der Waals surface area contributed by atoms with E-state index in [1.807, 2.05) is 6.07 Å². The van der Waals surface area contributed by atoms with E-state index in [-0.39, 0.29) is 0 Å². The second-order valence-electron chi connectivity index (χ2n) is 6.72. The Bertz CT molecular complexity index is 443. The molecule has 2 bridgehead atoms. The molecule has 0 spiro atoms. The molecule has 2 fully saturated rings. The molecule has 2 aliphatic rings. The van der Waals surface area contributed by atoms with Crippen LogP contribution in [-0.2, 0) is 0 Å². The highest BCUT2D eigenvalue weighted by atomic mass is 15.1. The van der Waals surface area contributed by atoms with Gasteiger partial charge < -0.3 is 5.73 Å². The van der Waals surface area contributed by atoms with Crippen molar-refractivity contribution in [2.24, 2.45) is 17.8 Å². The zero-order chi connectivity index (χ0) is 13.4. The van der Waals surface area contributed by atoms with Crippen molar-refractivity contribution in [3.63, 3.8) is 0 Å². The van der Waals surface area contributed by atoms with E-state index in [1.54, 1.807) is 0 Å². The van der Waals surface area contributed by atoms with Gasteiger partial charge in [-0.05, 0) is 68.7 Å². The average molecular weight is 258 g/mol. The van der Waals surface area contributed by atoms with Crippen molar-refractivity contribution in [3.8, 4) is 0 Å². The predicted molar refractivity (Wildman–Crippen MR) is 80.8 cm³/mol. The summed E-state index contributed by atoms with van der Waals surface area (Å²) in [5.41, 5.74) is 8.10. The van der Waals surface area contributed by atoms with Crippen molar-refractivity contribution in [2.45, 2.75) is 38.6 Å².